The Morgan fingerprint density at radius 1 is 1.19 bits per heavy atom. The van der Waals surface area contributed by atoms with E-state index in [1.165, 1.54) is 16.7 Å². The summed E-state index contributed by atoms with van der Waals surface area (Å²) in [5, 5.41) is 11.1. The van der Waals surface area contributed by atoms with Crippen LogP contribution in [0.25, 0.3) is 21.6 Å². The first-order chi connectivity index (χ1) is 12.5. The van der Waals surface area contributed by atoms with Crippen LogP contribution in [0, 0.1) is 6.92 Å². The van der Waals surface area contributed by atoms with Gasteiger partial charge < -0.3 is 5.11 Å². The van der Waals surface area contributed by atoms with E-state index in [9.17, 15) is 14.7 Å². The molecule has 26 heavy (non-hydrogen) atoms. The van der Waals surface area contributed by atoms with Crippen LogP contribution in [-0.4, -0.2) is 20.6 Å². The molecule has 0 saturated carbocycles. The van der Waals surface area contributed by atoms with Crippen molar-refractivity contribution in [1.82, 2.24) is 9.55 Å². The van der Waals surface area contributed by atoms with E-state index in [0.29, 0.717) is 17.2 Å². The average molecular weight is 370 g/mol. The molecule has 0 bridgehead atoms. The summed E-state index contributed by atoms with van der Waals surface area (Å²) in [6, 6.07) is 7.89. The van der Waals surface area contributed by atoms with E-state index in [0.717, 1.165) is 36.8 Å². The lowest BCUT2D eigenvalue weighted by molar-refractivity contribution is 0.0699. The van der Waals surface area contributed by atoms with Gasteiger partial charge in [-0.3, -0.25) is 9.36 Å². The second-order valence-corrected chi connectivity index (χ2v) is 7.31. The topological polar surface area (TPSA) is 72.2 Å². The van der Waals surface area contributed by atoms with Gasteiger partial charge in [0.1, 0.15) is 10.7 Å². The molecular formula is C20H22N2O3S. The Kier molecular flexibility index (Phi) is 5.52. The first-order valence-electron chi connectivity index (χ1n) is 8.85. The molecule has 5 nitrogen and oxygen atoms in total. The van der Waals surface area contributed by atoms with E-state index < -0.39 is 5.97 Å². The number of aromatic carboxylic acids is 1. The van der Waals surface area contributed by atoms with Crippen LogP contribution in [0.2, 0.25) is 0 Å². The maximum Gasteiger partial charge on any atom is 0.337 e. The van der Waals surface area contributed by atoms with E-state index in [4.69, 9.17) is 0 Å². The fourth-order valence-electron chi connectivity index (χ4n) is 3.01. The van der Waals surface area contributed by atoms with Crippen LogP contribution < -0.4 is 5.56 Å². The lowest BCUT2D eigenvalue weighted by Gasteiger charge is -2.13. The Balaban J connectivity index is 2.16. The summed E-state index contributed by atoms with van der Waals surface area (Å²) < 4.78 is 1.64. The molecule has 0 spiro atoms. The molecule has 0 saturated heterocycles. The summed E-state index contributed by atoms with van der Waals surface area (Å²) in [7, 11) is 0. The Morgan fingerprint density at radius 2 is 1.92 bits per heavy atom. The van der Waals surface area contributed by atoms with Gasteiger partial charge in [-0.1, -0.05) is 56.0 Å². The first-order valence-corrected chi connectivity index (χ1v) is 9.73. The summed E-state index contributed by atoms with van der Waals surface area (Å²) in [4.78, 5) is 29.7. The highest BCUT2D eigenvalue weighted by Gasteiger charge is 2.20. The number of carbonyl (C=O) groups is 1. The molecule has 6 heteroatoms. The van der Waals surface area contributed by atoms with Gasteiger partial charge in [0.15, 0.2) is 0 Å². The number of aryl methyl sites for hydroxylation is 1. The molecule has 2 aromatic heterocycles. The van der Waals surface area contributed by atoms with Crippen molar-refractivity contribution in [3.8, 4) is 11.4 Å². The largest absolute Gasteiger partial charge is 0.478 e. The minimum absolute atomic E-state index is 0.0419. The minimum Gasteiger partial charge on any atom is -0.478 e. The van der Waals surface area contributed by atoms with E-state index in [1.54, 1.807) is 4.57 Å². The summed E-state index contributed by atoms with van der Waals surface area (Å²) >= 11 is 1.20. The van der Waals surface area contributed by atoms with Gasteiger partial charge in [0, 0.05) is 17.5 Å². The summed E-state index contributed by atoms with van der Waals surface area (Å²) in [5.74, 6) is -0.478. The number of carboxylic acid groups (broad SMARTS) is 1. The molecule has 1 N–H and O–H groups in total. The molecule has 3 aromatic rings. The number of fused-ring (bicyclic) bond motifs is 1. The van der Waals surface area contributed by atoms with Crippen LogP contribution in [0.5, 0.6) is 0 Å². The second kappa shape index (κ2) is 7.83. The third kappa shape index (κ3) is 3.55. The zero-order valence-electron chi connectivity index (χ0n) is 15.0. The van der Waals surface area contributed by atoms with Gasteiger partial charge in [-0.15, -0.1) is 11.3 Å². The van der Waals surface area contributed by atoms with Gasteiger partial charge in [0.2, 0.25) is 0 Å². The highest BCUT2D eigenvalue weighted by atomic mass is 32.1. The number of carboxylic acids is 1. The molecule has 1 aromatic carbocycles. The quantitative estimate of drug-likeness (QED) is 0.611. The highest BCUT2D eigenvalue weighted by molar-refractivity contribution is 7.17. The second-order valence-electron chi connectivity index (χ2n) is 6.45. The fourth-order valence-corrected chi connectivity index (χ4v) is 3.91. The molecule has 0 aliphatic rings. The Hall–Kier alpha value is -2.47. The molecule has 0 fully saturated rings. The Bertz CT molecular complexity index is 987. The molecule has 0 radical (unpaired) electrons. The number of aromatic nitrogens is 2. The van der Waals surface area contributed by atoms with Crippen molar-refractivity contribution >= 4 is 27.5 Å². The number of nitrogens with zero attached hydrogens (tertiary/aromatic N) is 2. The predicted molar refractivity (Wildman–Crippen MR) is 105 cm³/mol. The van der Waals surface area contributed by atoms with Crippen LogP contribution in [-0.2, 0) is 6.54 Å². The summed E-state index contributed by atoms with van der Waals surface area (Å²) in [6.07, 6.45) is 4.13. The van der Waals surface area contributed by atoms with Gasteiger partial charge in [-0.25, -0.2) is 9.78 Å². The van der Waals surface area contributed by atoms with Crippen molar-refractivity contribution in [3.05, 3.63) is 51.1 Å². The monoisotopic (exact) mass is 370 g/mol. The van der Waals surface area contributed by atoms with E-state index in [1.807, 2.05) is 31.2 Å². The van der Waals surface area contributed by atoms with Crippen LogP contribution in [0.3, 0.4) is 0 Å². The fraction of sp³-hybridized carbons (Fsp3) is 0.350. The SMILES string of the molecule is CCCCCCn1c(-c2ccc(C)cc2)nc2scc(C(=O)O)c2c1=O. The van der Waals surface area contributed by atoms with Crippen molar-refractivity contribution in [2.45, 2.75) is 46.1 Å². The minimum atomic E-state index is -1.09. The Labute approximate surface area is 155 Å². The number of unbranched alkanes of at least 4 members (excludes halogenated alkanes) is 3. The normalized spacial score (nSPS) is 11.2. The number of thiophene rings is 1. The lowest BCUT2D eigenvalue weighted by Crippen LogP contribution is -2.24. The van der Waals surface area contributed by atoms with Gasteiger partial charge in [-0.2, -0.15) is 0 Å². The molecule has 0 atom stereocenters. The van der Waals surface area contributed by atoms with Gasteiger partial charge >= 0.3 is 5.97 Å². The number of hydrogen-bond donors (Lipinski definition) is 1. The van der Waals surface area contributed by atoms with E-state index in [-0.39, 0.29) is 16.5 Å². The molecule has 3 rings (SSSR count). The van der Waals surface area contributed by atoms with Crippen LogP contribution in [0.4, 0.5) is 0 Å². The average Bonchev–Trinajstić information content (AvgIpc) is 3.05. The van der Waals surface area contributed by atoms with Crippen LogP contribution >= 0.6 is 11.3 Å². The van der Waals surface area contributed by atoms with E-state index in [2.05, 4.69) is 11.9 Å². The molecule has 136 valence electrons. The number of hydrogen-bond acceptors (Lipinski definition) is 4. The van der Waals surface area contributed by atoms with Crippen molar-refractivity contribution < 1.29 is 9.90 Å². The number of rotatable bonds is 7. The zero-order valence-corrected chi connectivity index (χ0v) is 15.8. The lowest BCUT2D eigenvalue weighted by atomic mass is 10.1. The van der Waals surface area contributed by atoms with E-state index >= 15 is 0 Å². The third-order valence-electron chi connectivity index (χ3n) is 4.47. The van der Waals surface area contributed by atoms with Crippen LogP contribution in [0.15, 0.2) is 34.4 Å². The standard InChI is InChI=1S/C20H22N2O3S/c1-3-4-5-6-11-22-17(14-9-7-13(2)8-10-14)21-18-16(19(22)23)15(12-26-18)20(24)25/h7-10,12H,3-6,11H2,1-2H3,(H,24,25). The smallest absolute Gasteiger partial charge is 0.337 e. The van der Waals surface area contributed by atoms with Gasteiger partial charge in [0.05, 0.1) is 10.9 Å². The van der Waals surface area contributed by atoms with Crippen molar-refractivity contribution in [2.75, 3.05) is 0 Å². The molecule has 0 aliphatic carbocycles. The molecule has 0 amide bonds. The molecule has 2 heterocycles. The maximum absolute atomic E-state index is 13.1. The maximum atomic E-state index is 13.1. The summed E-state index contributed by atoms with van der Waals surface area (Å²) in [6.45, 7) is 4.69. The Morgan fingerprint density at radius 3 is 2.58 bits per heavy atom. The molecule has 0 unspecified atom stereocenters. The van der Waals surface area contributed by atoms with Crippen molar-refractivity contribution in [3.63, 3.8) is 0 Å². The van der Waals surface area contributed by atoms with Crippen LogP contribution in [0.1, 0.15) is 48.5 Å². The zero-order chi connectivity index (χ0) is 18.7. The van der Waals surface area contributed by atoms with Crippen molar-refractivity contribution in [1.29, 1.82) is 0 Å². The first kappa shape index (κ1) is 18.3. The van der Waals surface area contributed by atoms with Gasteiger partial charge in [0.25, 0.3) is 5.56 Å². The molecular weight excluding hydrogens is 348 g/mol. The molecule has 0 aliphatic heterocycles. The predicted octanol–water partition coefficient (Wildman–Crippen LogP) is 4.71. The van der Waals surface area contributed by atoms with Gasteiger partial charge in [-0.05, 0) is 13.3 Å². The third-order valence-corrected chi connectivity index (χ3v) is 5.34. The highest BCUT2D eigenvalue weighted by Crippen LogP contribution is 2.26. The summed E-state index contributed by atoms with van der Waals surface area (Å²) in [5.41, 5.74) is 1.78. The number of benzene rings is 1. The van der Waals surface area contributed by atoms with Crippen molar-refractivity contribution in [2.24, 2.45) is 0 Å².